The molecule has 2 aromatic rings. The monoisotopic (exact) mass is 414 g/mol. The van der Waals surface area contributed by atoms with E-state index in [1.165, 1.54) is 5.56 Å². The molecule has 0 aromatic heterocycles. The molecule has 3 rings (SSSR count). The molecule has 1 saturated heterocycles. The number of nitrogens with one attached hydrogen (secondary N) is 2. The molecule has 6 nitrogen and oxygen atoms in total. The van der Waals surface area contributed by atoms with Gasteiger partial charge in [0.1, 0.15) is 0 Å². The average Bonchev–Trinajstić information content (AvgIpc) is 2.84. The zero-order valence-corrected chi connectivity index (χ0v) is 19.3. The van der Waals surface area contributed by atoms with E-state index in [1.54, 1.807) is 14.1 Å². The molecule has 30 heavy (non-hydrogen) atoms. The Morgan fingerprint density at radius 1 is 0.867 bits per heavy atom. The van der Waals surface area contributed by atoms with Gasteiger partial charge in [-0.2, -0.15) is 0 Å². The second-order valence-electron chi connectivity index (χ2n) is 5.92. The van der Waals surface area contributed by atoms with Gasteiger partial charge in [-0.05, 0) is 17.7 Å². The van der Waals surface area contributed by atoms with Gasteiger partial charge in [0.2, 0.25) is 5.91 Å². The van der Waals surface area contributed by atoms with Crippen LogP contribution in [0.2, 0.25) is 0 Å². The largest absolute Gasteiger partial charge is 0.341 e. The van der Waals surface area contributed by atoms with Crippen LogP contribution in [0.5, 0.6) is 0 Å². The van der Waals surface area contributed by atoms with Gasteiger partial charge in [0.25, 0.3) is 0 Å². The van der Waals surface area contributed by atoms with Crippen LogP contribution in [0.25, 0.3) is 0 Å². The van der Waals surface area contributed by atoms with Gasteiger partial charge in [-0.1, -0.05) is 76.2 Å². The lowest BCUT2D eigenvalue weighted by atomic mass is 10.2. The number of nitrogens with zero attached hydrogens (tertiary/aromatic N) is 2. The highest BCUT2D eigenvalue weighted by atomic mass is 16.2. The Bertz CT molecular complexity index is 687. The first kappa shape index (κ1) is 27.1. The number of para-hydroxylation sites is 1. The summed E-state index contributed by atoms with van der Waals surface area (Å²) in [5.41, 5.74) is 2.27. The number of hydrogen-bond donors (Lipinski definition) is 2. The third-order valence-corrected chi connectivity index (χ3v) is 4.06. The third kappa shape index (κ3) is 10.1. The highest BCUT2D eigenvalue weighted by molar-refractivity contribution is 5.94. The van der Waals surface area contributed by atoms with E-state index in [0.29, 0.717) is 13.1 Å². The van der Waals surface area contributed by atoms with Crippen LogP contribution < -0.4 is 15.5 Å². The molecule has 0 spiro atoms. The fourth-order valence-corrected chi connectivity index (χ4v) is 2.67. The number of carbonyl (C=O) groups excluding carboxylic acids is 2. The predicted molar refractivity (Wildman–Crippen MR) is 126 cm³/mol. The molecule has 1 aliphatic heterocycles. The van der Waals surface area contributed by atoms with Crippen molar-refractivity contribution in [1.29, 1.82) is 0 Å². The molecule has 1 heterocycles. The molecular formula is C24H38N4O2. The lowest BCUT2D eigenvalue weighted by Crippen LogP contribution is -2.47. The summed E-state index contributed by atoms with van der Waals surface area (Å²) in [6.45, 7) is 10.4. The molecule has 0 atom stereocenters. The summed E-state index contributed by atoms with van der Waals surface area (Å²) in [5, 5.41) is 4.73. The maximum atomic E-state index is 12.1. The molecule has 0 bridgehead atoms. The summed E-state index contributed by atoms with van der Waals surface area (Å²) < 4.78 is 0. The number of carbonyl (C=O) groups is 2. The van der Waals surface area contributed by atoms with Gasteiger partial charge >= 0.3 is 6.03 Å². The standard InChI is InChI=1S/C17H18N2O.C3H8N2O.2C2H6/c20-17-11-12-18(13-15-7-3-1-4-8-15)14-19(17)16-9-5-2-6-10-16;1-4-3(6)5-2;2*1-2/h1-10H,11-14H2;1-2H3,(H2,4,5,6);2*1-2H3. The Morgan fingerprint density at radius 2 is 1.37 bits per heavy atom. The first-order valence-electron chi connectivity index (χ1n) is 10.6. The van der Waals surface area contributed by atoms with E-state index >= 15 is 0 Å². The van der Waals surface area contributed by atoms with Crippen molar-refractivity contribution in [2.75, 3.05) is 32.2 Å². The zero-order valence-electron chi connectivity index (χ0n) is 19.3. The molecule has 0 radical (unpaired) electrons. The smallest absolute Gasteiger partial charge is 0.314 e. The summed E-state index contributed by atoms with van der Waals surface area (Å²) >= 11 is 0. The molecule has 6 heteroatoms. The number of rotatable bonds is 3. The van der Waals surface area contributed by atoms with Crippen LogP contribution in [0.3, 0.4) is 0 Å². The fourth-order valence-electron chi connectivity index (χ4n) is 2.67. The predicted octanol–water partition coefficient (Wildman–Crippen LogP) is 4.48. The normalized spacial score (nSPS) is 12.7. The lowest BCUT2D eigenvalue weighted by molar-refractivity contribution is -0.121. The van der Waals surface area contributed by atoms with E-state index in [-0.39, 0.29) is 11.9 Å². The van der Waals surface area contributed by atoms with Crippen molar-refractivity contribution in [2.24, 2.45) is 0 Å². The molecule has 2 aromatic carbocycles. The average molecular weight is 415 g/mol. The SMILES string of the molecule is CC.CC.CNC(=O)NC.O=C1CCN(Cc2ccccc2)CN1c1ccccc1. The quantitative estimate of drug-likeness (QED) is 0.778. The number of urea groups is 1. The summed E-state index contributed by atoms with van der Waals surface area (Å²) in [6, 6.07) is 20.1. The fraction of sp³-hybridized carbons (Fsp3) is 0.417. The van der Waals surface area contributed by atoms with Crippen molar-refractivity contribution in [3.05, 3.63) is 66.2 Å². The van der Waals surface area contributed by atoms with Crippen LogP contribution in [-0.2, 0) is 11.3 Å². The first-order valence-corrected chi connectivity index (χ1v) is 10.6. The first-order chi connectivity index (χ1) is 14.6. The summed E-state index contributed by atoms with van der Waals surface area (Å²) in [7, 11) is 3.14. The van der Waals surface area contributed by atoms with Crippen molar-refractivity contribution >= 4 is 17.6 Å². The van der Waals surface area contributed by atoms with E-state index in [9.17, 15) is 9.59 Å². The maximum absolute atomic E-state index is 12.1. The van der Waals surface area contributed by atoms with Crippen LogP contribution >= 0.6 is 0 Å². The summed E-state index contributed by atoms with van der Waals surface area (Å²) in [5.74, 6) is 0.209. The Hall–Kier alpha value is -2.86. The third-order valence-electron chi connectivity index (χ3n) is 4.06. The van der Waals surface area contributed by atoms with Crippen LogP contribution in [-0.4, -0.2) is 44.1 Å². The molecule has 0 saturated carbocycles. The van der Waals surface area contributed by atoms with Crippen LogP contribution in [0, 0.1) is 0 Å². The van der Waals surface area contributed by atoms with Crippen LogP contribution in [0.4, 0.5) is 10.5 Å². The minimum Gasteiger partial charge on any atom is -0.341 e. The molecule has 0 aliphatic carbocycles. The van der Waals surface area contributed by atoms with Gasteiger partial charge in [0, 0.05) is 39.3 Å². The van der Waals surface area contributed by atoms with Gasteiger partial charge in [-0.15, -0.1) is 0 Å². The van der Waals surface area contributed by atoms with E-state index < -0.39 is 0 Å². The van der Waals surface area contributed by atoms with Crippen molar-refractivity contribution in [1.82, 2.24) is 15.5 Å². The number of benzene rings is 2. The van der Waals surface area contributed by atoms with Gasteiger partial charge in [0.15, 0.2) is 0 Å². The lowest BCUT2D eigenvalue weighted by Gasteiger charge is -2.35. The van der Waals surface area contributed by atoms with E-state index in [4.69, 9.17) is 0 Å². The van der Waals surface area contributed by atoms with Gasteiger partial charge < -0.3 is 10.6 Å². The zero-order chi connectivity index (χ0) is 22.8. The maximum Gasteiger partial charge on any atom is 0.314 e. The van der Waals surface area contributed by atoms with Gasteiger partial charge in [-0.25, -0.2) is 4.79 Å². The molecule has 1 aliphatic rings. The van der Waals surface area contributed by atoms with Crippen molar-refractivity contribution in [3.8, 4) is 0 Å². The molecule has 0 unspecified atom stereocenters. The van der Waals surface area contributed by atoms with Crippen LogP contribution in [0.1, 0.15) is 39.7 Å². The molecular weight excluding hydrogens is 376 g/mol. The Balaban J connectivity index is 0.000000719. The van der Waals surface area contributed by atoms with Crippen molar-refractivity contribution in [3.63, 3.8) is 0 Å². The van der Waals surface area contributed by atoms with E-state index in [0.717, 1.165) is 18.8 Å². The topological polar surface area (TPSA) is 64.7 Å². The minimum absolute atomic E-state index is 0.157. The van der Waals surface area contributed by atoms with Gasteiger partial charge in [0.05, 0.1) is 6.67 Å². The number of amides is 3. The molecule has 2 N–H and O–H groups in total. The Kier molecular flexibility index (Phi) is 15.4. The van der Waals surface area contributed by atoms with E-state index in [1.807, 2.05) is 69.0 Å². The Labute approximate surface area is 182 Å². The summed E-state index contributed by atoms with van der Waals surface area (Å²) in [4.78, 5) is 26.2. The molecule has 1 fully saturated rings. The van der Waals surface area contributed by atoms with Crippen LogP contribution in [0.15, 0.2) is 60.7 Å². The molecule has 3 amide bonds. The number of hydrogen-bond acceptors (Lipinski definition) is 3. The van der Waals surface area contributed by atoms with E-state index in [2.05, 4.69) is 39.8 Å². The van der Waals surface area contributed by atoms with Crippen molar-refractivity contribution in [2.45, 2.75) is 40.7 Å². The number of anilines is 1. The summed E-state index contributed by atoms with van der Waals surface area (Å²) in [6.07, 6.45) is 0.585. The molecule has 166 valence electrons. The second-order valence-corrected chi connectivity index (χ2v) is 5.92. The Morgan fingerprint density at radius 3 is 1.83 bits per heavy atom. The van der Waals surface area contributed by atoms with Gasteiger partial charge in [-0.3, -0.25) is 14.6 Å². The highest BCUT2D eigenvalue weighted by Gasteiger charge is 2.24. The van der Waals surface area contributed by atoms with Crippen molar-refractivity contribution < 1.29 is 9.59 Å². The highest BCUT2D eigenvalue weighted by Crippen LogP contribution is 2.19. The second kappa shape index (κ2) is 17.0. The minimum atomic E-state index is -0.157.